The number of amides is 2. The highest BCUT2D eigenvalue weighted by molar-refractivity contribution is 6.41. The van der Waals surface area contributed by atoms with Crippen LogP contribution in [0, 0.1) is 0 Å². The number of anilines is 1. The van der Waals surface area contributed by atoms with Crippen molar-refractivity contribution < 1.29 is 19.1 Å². The Morgan fingerprint density at radius 3 is 2.90 bits per heavy atom. The standard InChI is InChI=1S/C13H13ClN2O4/c1-2-20-13(19)10-7-16(12(18)11(17)15-10)9-5-3-4-8(14)6-9/h3-6,10H,2,7H2,1H3,(H,15,17)/t10-/m0/s1. The molecule has 0 radical (unpaired) electrons. The third-order valence-corrected chi connectivity index (χ3v) is 3.04. The smallest absolute Gasteiger partial charge is 0.330 e. The molecule has 0 aliphatic carbocycles. The van der Waals surface area contributed by atoms with Crippen molar-refractivity contribution in [1.82, 2.24) is 5.32 Å². The number of nitrogens with zero attached hydrogens (tertiary/aromatic N) is 1. The average Bonchev–Trinajstić information content (AvgIpc) is 2.42. The molecule has 1 N–H and O–H groups in total. The number of hydrogen-bond donors (Lipinski definition) is 1. The lowest BCUT2D eigenvalue weighted by molar-refractivity contribution is -0.149. The van der Waals surface area contributed by atoms with E-state index in [4.69, 9.17) is 16.3 Å². The van der Waals surface area contributed by atoms with Crippen LogP contribution in [0.4, 0.5) is 5.69 Å². The number of halogens is 1. The Labute approximate surface area is 120 Å². The number of esters is 1. The minimum Gasteiger partial charge on any atom is -0.464 e. The number of ether oxygens (including phenoxy) is 1. The number of rotatable bonds is 3. The first-order valence-electron chi connectivity index (χ1n) is 6.07. The number of carbonyl (C=O) groups is 3. The number of piperazine rings is 1. The van der Waals surface area contributed by atoms with Crippen molar-refractivity contribution in [3.8, 4) is 0 Å². The van der Waals surface area contributed by atoms with E-state index >= 15 is 0 Å². The summed E-state index contributed by atoms with van der Waals surface area (Å²) in [4.78, 5) is 36.4. The number of carbonyl (C=O) groups excluding carboxylic acids is 3. The second-order valence-electron chi connectivity index (χ2n) is 4.17. The summed E-state index contributed by atoms with van der Waals surface area (Å²) in [6, 6.07) is 5.64. The van der Waals surface area contributed by atoms with Crippen LogP contribution in [0.25, 0.3) is 0 Å². The van der Waals surface area contributed by atoms with Gasteiger partial charge in [0.05, 0.1) is 13.2 Å². The molecule has 1 aliphatic rings. The lowest BCUT2D eigenvalue weighted by atomic mass is 10.1. The summed E-state index contributed by atoms with van der Waals surface area (Å²) in [7, 11) is 0. The molecule has 1 atom stereocenters. The molecule has 0 bridgehead atoms. The van der Waals surface area contributed by atoms with E-state index in [1.54, 1.807) is 31.2 Å². The molecular weight excluding hydrogens is 284 g/mol. The lowest BCUT2D eigenvalue weighted by Crippen LogP contribution is -2.60. The van der Waals surface area contributed by atoms with Crippen LogP contribution in [-0.2, 0) is 19.1 Å². The van der Waals surface area contributed by atoms with Crippen molar-refractivity contribution in [2.45, 2.75) is 13.0 Å². The first-order valence-corrected chi connectivity index (χ1v) is 6.45. The Kier molecular flexibility index (Phi) is 4.24. The molecule has 6 nitrogen and oxygen atoms in total. The first-order chi connectivity index (χ1) is 9.52. The molecule has 0 aromatic heterocycles. The molecule has 1 saturated heterocycles. The zero-order chi connectivity index (χ0) is 14.7. The number of hydrogen-bond acceptors (Lipinski definition) is 4. The fraction of sp³-hybridized carbons (Fsp3) is 0.308. The molecule has 2 rings (SSSR count). The molecule has 2 amide bonds. The van der Waals surface area contributed by atoms with Crippen molar-refractivity contribution in [2.75, 3.05) is 18.1 Å². The van der Waals surface area contributed by atoms with Gasteiger partial charge >= 0.3 is 17.8 Å². The molecule has 1 fully saturated rings. The van der Waals surface area contributed by atoms with Crippen molar-refractivity contribution in [3.05, 3.63) is 29.3 Å². The number of nitrogens with one attached hydrogen (secondary N) is 1. The fourth-order valence-corrected chi connectivity index (χ4v) is 2.08. The van der Waals surface area contributed by atoms with E-state index in [1.165, 1.54) is 4.90 Å². The molecule has 1 aromatic carbocycles. The van der Waals surface area contributed by atoms with Crippen LogP contribution in [0.2, 0.25) is 5.02 Å². The molecular formula is C13H13ClN2O4. The van der Waals surface area contributed by atoms with E-state index in [2.05, 4.69) is 5.32 Å². The topological polar surface area (TPSA) is 75.7 Å². The van der Waals surface area contributed by atoms with Crippen LogP contribution in [0.5, 0.6) is 0 Å². The van der Waals surface area contributed by atoms with E-state index in [-0.39, 0.29) is 13.2 Å². The summed E-state index contributed by atoms with van der Waals surface area (Å²) >= 11 is 5.87. The fourth-order valence-electron chi connectivity index (χ4n) is 1.90. The van der Waals surface area contributed by atoms with Gasteiger partial charge in [-0.15, -0.1) is 0 Å². The Morgan fingerprint density at radius 1 is 1.50 bits per heavy atom. The van der Waals surface area contributed by atoms with Gasteiger partial charge in [0.1, 0.15) is 6.04 Å². The van der Waals surface area contributed by atoms with Gasteiger partial charge in [0.15, 0.2) is 0 Å². The Balaban J connectivity index is 2.25. The number of benzene rings is 1. The van der Waals surface area contributed by atoms with Gasteiger partial charge in [-0.25, -0.2) is 4.79 Å². The summed E-state index contributed by atoms with van der Waals surface area (Å²) in [5.41, 5.74) is 0.464. The molecule has 0 saturated carbocycles. The molecule has 1 aliphatic heterocycles. The van der Waals surface area contributed by atoms with Gasteiger partial charge in [0, 0.05) is 10.7 Å². The summed E-state index contributed by atoms with van der Waals surface area (Å²) < 4.78 is 4.86. The minimum absolute atomic E-state index is 0.0176. The zero-order valence-corrected chi connectivity index (χ0v) is 11.5. The van der Waals surface area contributed by atoms with E-state index in [0.717, 1.165) is 0 Å². The molecule has 1 heterocycles. The van der Waals surface area contributed by atoms with Crippen molar-refractivity contribution in [2.24, 2.45) is 0 Å². The van der Waals surface area contributed by atoms with Crippen LogP contribution in [0.15, 0.2) is 24.3 Å². The quantitative estimate of drug-likeness (QED) is 0.659. The summed E-state index contributed by atoms with van der Waals surface area (Å²) in [5, 5.41) is 2.77. The summed E-state index contributed by atoms with van der Waals surface area (Å²) in [6.45, 7) is 1.89. The van der Waals surface area contributed by atoms with Crippen molar-refractivity contribution in [3.63, 3.8) is 0 Å². The molecule has 0 spiro atoms. The maximum Gasteiger partial charge on any atom is 0.330 e. The molecule has 7 heteroatoms. The van der Waals surface area contributed by atoms with Gasteiger partial charge in [0.2, 0.25) is 0 Å². The van der Waals surface area contributed by atoms with Crippen LogP contribution in [0.3, 0.4) is 0 Å². The minimum atomic E-state index is -0.876. The maximum atomic E-state index is 11.9. The van der Waals surface area contributed by atoms with Gasteiger partial charge in [0.25, 0.3) is 0 Å². The van der Waals surface area contributed by atoms with Crippen molar-refractivity contribution >= 4 is 35.1 Å². The van der Waals surface area contributed by atoms with E-state index in [9.17, 15) is 14.4 Å². The van der Waals surface area contributed by atoms with Crippen LogP contribution in [0.1, 0.15) is 6.92 Å². The second kappa shape index (κ2) is 5.92. The molecule has 1 aromatic rings. The predicted octanol–water partition coefficient (Wildman–Crippen LogP) is 0.734. The zero-order valence-electron chi connectivity index (χ0n) is 10.8. The lowest BCUT2D eigenvalue weighted by Gasteiger charge is -2.31. The monoisotopic (exact) mass is 296 g/mol. The highest BCUT2D eigenvalue weighted by Crippen LogP contribution is 2.21. The van der Waals surface area contributed by atoms with Gasteiger partial charge in [-0.2, -0.15) is 0 Å². The van der Waals surface area contributed by atoms with Crippen LogP contribution in [-0.4, -0.2) is 37.0 Å². The predicted molar refractivity (Wildman–Crippen MR) is 72.4 cm³/mol. The van der Waals surface area contributed by atoms with Gasteiger partial charge < -0.3 is 15.0 Å². The third kappa shape index (κ3) is 2.91. The van der Waals surface area contributed by atoms with Crippen LogP contribution < -0.4 is 10.2 Å². The van der Waals surface area contributed by atoms with E-state index in [1.807, 2.05) is 0 Å². The molecule has 20 heavy (non-hydrogen) atoms. The van der Waals surface area contributed by atoms with Crippen LogP contribution >= 0.6 is 11.6 Å². The summed E-state index contributed by atoms with van der Waals surface area (Å²) in [6.07, 6.45) is 0. The summed E-state index contributed by atoms with van der Waals surface area (Å²) in [5.74, 6) is -2.14. The van der Waals surface area contributed by atoms with Crippen molar-refractivity contribution in [1.29, 1.82) is 0 Å². The largest absolute Gasteiger partial charge is 0.464 e. The van der Waals surface area contributed by atoms with Gasteiger partial charge in [-0.05, 0) is 25.1 Å². The Hall–Kier alpha value is -2.08. The van der Waals surface area contributed by atoms with E-state index in [0.29, 0.717) is 10.7 Å². The molecule has 0 unspecified atom stereocenters. The second-order valence-corrected chi connectivity index (χ2v) is 4.61. The first kappa shape index (κ1) is 14.3. The average molecular weight is 297 g/mol. The third-order valence-electron chi connectivity index (χ3n) is 2.80. The van der Waals surface area contributed by atoms with E-state index < -0.39 is 23.8 Å². The normalized spacial score (nSPS) is 18.7. The highest BCUT2D eigenvalue weighted by atomic mass is 35.5. The van der Waals surface area contributed by atoms with Gasteiger partial charge in [-0.3, -0.25) is 9.59 Å². The molecule has 106 valence electrons. The Bertz CT molecular complexity index is 561. The van der Waals surface area contributed by atoms with Gasteiger partial charge in [-0.1, -0.05) is 17.7 Å². The maximum absolute atomic E-state index is 11.9. The SMILES string of the molecule is CCOC(=O)[C@@H]1CN(c2cccc(Cl)c2)C(=O)C(=O)N1. The highest BCUT2D eigenvalue weighted by Gasteiger charge is 2.37. The Morgan fingerprint density at radius 2 is 2.25 bits per heavy atom.